The van der Waals surface area contributed by atoms with Crippen LogP contribution in [0.3, 0.4) is 0 Å². The zero-order valence-electron chi connectivity index (χ0n) is 17.7. The molecule has 1 amide bonds. The fraction of sp³-hybridized carbons (Fsp3) is 0.333. The lowest BCUT2D eigenvalue weighted by Crippen LogP contribution is -2.30. The van der Waals surface area contributed by atoms with Crippen molar-refractivity contribution in [2.75, 3.05) is 18.5 Å². The summed E-state index contributed by atoms with van der Waals surface area (Å²) in [5.41, 5.74) is 2.67. The summed E-state index contributed by atoms with van der Waals surface area (Å²) in [6.45, 7) is 4.80. The van der Waals surface area contributed by atoms with Crippen molar-refractivity contribution in [2.24, 2.45) is 7.05 Å². The van der Waals surface area contributed by atoms with Gasteiger partial charge in [-0.3, -0.25) is 9.63 Å². The van der Waals surface area contributed by atoms with Crippen LogP contribution in [0.5, 0.6) is 0 Å². The highest BCUT2D eigenvalue weighted by Gasteiger charge is 2.22. The Bertz CT molecular complexity index is 1060. The fourth-order valence-electron chi connectivity index (χ4n) is 2.69. The van der Waals surface area contributed by atoms with E-state index in [0.29, 0.717) is 11.1 Å². The van der Waals surface area contributed by atoms with E-state index in [2.05, 4.69) is 15.8 Å². The van der Waals surface area contributed by atoms with Crippen molar-refractivity contribution in [1.29, 1.82) is 0 Å². The predicted molar refractivity (Wildman–Crippen MR) is 113 cm³/mol. The maximum Gasteiger partial charge on any atom is 0.277 e. The van der Waals surface area contributed by atoms with Crippen molar-refractivity contribution in [3.8, 4) is 0 Å². The number of carbonyl (C=O) groups is 1. The Morgan fingerprint density at radius 1 is 1.29 bits per heavy atom. The van der Waals surface area contributed by atoms with E-state index in [1.165, 1.54) is 29.1 Å². The van der Waals surface area contributed by atoms with Gasteiger partial charge < -0.3 is 20.1 Å². The van der Waals surface area contributed by atoms with Gasteiger partial charge in [-0.1, -0.05) is 19.9 Å². The van der Waals surface area contributed by atoms with Crippen molar-refractivity contribution in [1.82, 2.24) is 15.0 Å². The largest absolute Gasteiger partial charge is 0.394 e. The van der Waals surface area contributed by atoms with Gasteiger partial charge >= 0.3 is 0 Å². The lowest BCUT2D eigenvalue weighted by atomic mass is 10.1. The van der Waals surface area contributed by atoms with Crippen LogP contribution in [-0.2, 0) is 11.9 Å². The van der Waals surface area contributed by atoms with Gasteiger partial charge in [0.1, 0.15) is 24.0 Å². The molecule has 0 bridgehead atoms. The quantitative estimate of drug-likeness (QED) is 0.424. The summed E-state index contributed by atoms with van der Waals surface area (Å²) >= 11 is 0. The van der Waals surface area contributed by atoms with Gasteiger partial charge in [0.2, 0.25) is 0 Å². The summed E-state index contributed by atoms with van der Waals surface area (Å²) in [6, 6.07) is 5.74. The molecule has 168 valence electrons. The van der Waals surface area contributed by atoms with E-state index in [1.807, 2.05) is 13.8 Å². The molecular formula is C21H26F2N4O4. The van der Waals surface area contributed by atoms with Gasteiger partial charge in [-0.2, -0.15) is 0 Å². The zero-order valence-corrected chi connectivity index (χ0v) is 17.7. The molecule has 0 saturated heterocycles. The van der Waals surface area contributed by atoms with Crippen molar-refractivity contribution in [3.05, 3.63) is 53.4 Å². The molecule has 10 heteroatoms. The zero-order chi connectivity index (χ0) is 23.1. The summed E-state index contributed by atoms with van der Waals surface area (Å²) in [4.78, 5) is 21.4. The van der Waals surface area contributed by atoms with Gasteiger partial charge in [-0.05, 0) is 30.7 Å². The summed E-state index contributed by atoms with van der Waals surface area (Å²) < 4.78 is 30.9. The number of aryl methyl sites for hydroxylation is 2. The molecule has 0 spiro atoms. The molecule has 0 aliphatic rings. The molecule has 3 rings (SSSR count). The molecule has 0 aliphatic carbocycles. The van der Waals surface area contributed by atoms with Crippen LogP contribution in [0.15, 0.2) is 30.6 Å². The number of fused-ring (bicyclic) bond motifs is 1. The lowest BCUT2D eigenvalue weighted by Gasteiger charge is -2.15. The van der Waals surface area contributed by atoms with E-state index in [0.717, 1.165) is 0 Å². The molecule has 1 heterocycles. The molecule has 0 fully saturated rings. The molecule has 8 nitrogen and oxygen atoms in total. The molecule has 1 aromatic heterocycles. The molecule has 0 radical (unpaired) electrons. The first-order chi connectivity index (χ1) is 14.8. The minimum atomic E-state index is -1.19. The topological polar surface area (TPSA) is 109 Å². The van der Waals surface area contributed by atoms with Crippen LogP contribution in [0.25, 0.3) is 11.0 Å². The second-order valence-electron chi connectivity index (χ2n) is 6.52. The number of carbonyl (C=O) groups excluding carboxylic acids is 1. The summed E-state index contributed by atoms with van der Waals surface area (Å²) in [5, 5.41) is 20.7. The molecule has 1 atom stereocenters. The Kier molecular flexibility index (Phi) is 8.43. The van der Waals surface area contributed by atoms with Crippen molar-refractivity contribution >= 4 is 28.3 Å². The highest BCUT2D eigenvalue weighted by Crippen LogP contribution is 2.31. The Morgan fingerprint density at radius 2 is 2.00 bits per heavy atom. The average Bonchev–Trinajstić information content (AvgIpc) is 3.13. The number of imidazole rings is 1. The SMILES string of the molecule is CC.Cc1ccc(Nc2c(C(=O)NOC[C@H](O)CO)cc3c(ncn3C)c2F)c(F)c1. The second-order valence-corrected chi connectivity index (χ2v) is 6.52. The number of aliphatic hydroxyl groups excluding tert-OH is 2. The van der Waals surface area contributed by atoms with E-state index in [-0.39, 0.29) is 29.1 Å². The Morgan fingerprint density at radius 3 is 2.65 bits per heavy atom. The van der Waals surface area contributed by atoms with Crippen molar-refractivity contribution < 1.29 is 28.6 Å². The number of hydroxylamine groups is 1. The minimum Gasteiger partial charge on any atom is -0.394 e. The van der Waals surface area contributed by atoms with Gasteiger partial charge in [-0.25, -0.2) is 19.2 Å². The second kappa shape index (κ2) is 10.8. The summed E-state index contributed by atoms with van der Waals surface area (Å²) in [7, 11) is 1.64. The number of nitrogens with zero attached hydrogens (tertiary/aromatic N) is 2. The highest BCUT2D eigenvalue weighted by atomic mass is 19.1. The molecule has 31 heavy (non-hydrogen) atoms. The van der Waals surface area contributed by atoms with E-state index in [1.54, 1.807) is 20.0 Å². The van der Waals surface area contributed by atoms with Crippen LogP contribution in [0.2, 0.25) is 0 Å². The molecule has 0 unspecified atom stereocenters. The third kappa shape index (κ3) is 5.54. The van der Waals surface area contributed by atoms with Crippen LogP contribution < -0.4 is 10.8 Å². The van der Waals surface area contributed by atoms with Crippen LogP contribution in [0, 0.1) is 18.6 Å². The van der Waals surface area contributed by atoms with Gasteiger partial charge in [-0.15, -0.1) is 0 Å². The minimum absolute atomic E-state index is 0.00990. The summed E-state index contributed by atoms with van der Waals surface area (Å²) in [5.74, 6) is -2.27. The Labute approximate surface area is 178 Å². The van der Waals surface area contributed by atoms with Gasteiger partial charge in [0.25, 0.3) is 5.91 Å². The van der Waals surface area contributed by atoms with Crippen molar-refractivity contribution in [2.45, 2.75) is 26.9 Å². The first-order valence-electron chi connectivity index (χ1n) is 9.69. The molecule has 0 aliphatic heterocycles. The summed E-state index contributed by atoms with van der Waals surface area (Å²) in [6.07, 6.45) is 0.200. The van der Waals surface area contributed by atoms with E-state index >= 15 is 4.39 Å². The standard InChI is InChI=1S/C19H20F2N4O4.C2H6/c1-10-3-4-14(13(20)5-10)23-17-12(19(28)24-29-8-11(27)7-26)6-15-18(16(17)21)22-9-25(15)2;1-2/h3-6,9,11,23,26-27H,7-8H2,1-2H3,(H,24,28);1-2H3/t11-;/m1./s1. The van der Waals surface area contributed by atoms with Gasteiger partial charge in [0, 0.05) is 7.05 Å². The van der Waals surface area contributed by atoms with E-state index < -0.39 is 30.3 Å². The number of anilines is 2. The fourth-order valence-corrected chi connectivity index (χ4v) is 2.69. The Hall–Kier alpha value is -3.08. The van der Waals surface area contributed by atoms with Crippen LogP contribution in [0.4, 0.5) is 20.2 Å². The number of hydrogen-bond acceptors (Lipinski definition) is 6. The molecule has 0 saturated carbocycles. The highest BCUT2D eigenvalue weighted by molar-refractivity contribution is 6.04. The lowest BCUT2D eigenvalue weighted by molar-refractivity contribution is -0.0295. The average molecular weight is 436 g/mol. The number of benzene rings is 2. The number of aliphatic hydroxyl groups is 2. The van der Waals surface area contributed by atoms with Crippen molar-refractivity contribution in [3.63, 3.8) is 0 Å². The van der Waals surface area contributed by atoms with E-state index in [4.69, 9.17) is 9.94 Å². The number of halogens is 2. The Balaban J connectivity index is 0.00000166. The van der Waals surface area contributed by atoms with Gasteiger partial charge in [0.05, 0.1) is 35.4 Å². The van der Waals surface area contributed by atoms with Gasteiger partial charge in [0.15, 0.2) is 5.82 Å². The van der Waals surface area contributed by atoms with Crippen LogP contribution in [0.1, 0.15) is 29.8 Å². The monoisotopic (exact) mass is 436 g/mol. The van der Waals surface area contributed by atoms with E-state index in [9.17, 15) is 14.3 Å². The molecule has 3 aromatic rings. The first-order valence-corrected chi connectivity index (χ1v) is 9.69. The van der Waals surface area contributed by atoms with Crippen LogP contribution in [-0.4, -0.2) is 45.0 Å². The van der Waals surface area contributed by atoms with Crippen LogP contribution >= 0.6 is 0 Å². The smallest absolute Gasteiger partial charge is 0.277 e. The maximum absolute atomic E-state index is 15.2. The first kappa shape index (κ1) is 24.2. The number of hydrogen-bond donors (Lipinski definition) is 4. The number of nitrogens with one attached hydrogen (secondary N) is 2. The number of amides is 1. The molecule has 4 N–H and O–H groups in total. The normalized spacial score (nSPS) is 11.6. The molecule has 2 aromatic carbocycles. The number of rotatable bonds is 7. The number of aromatic nitrogens is 2. The molecular weight excluding hydrogens is 410 g/mol. The third-order valence-corrected chi connectivity index (χ3v) is 4.24. The maximum atomic E-state index is 15.2. The predicted octanol–water partition coefficient (Wildman–Crippen LogP) is 2.94. The third-order valence-electron chi connectivity index (χ3n) is 4.24.